The summed E-state index contributed by atoms with van der Waals surface area (Å²) in [5.41, 5.74) is 0.684. The fourth-order valence-electron chi connectivity index (χ4n) is 1.41. The molecule has 0 bridgehead atoms. The molecule has 0 radical (unpaired) electrons. The molecule has 0 fully saturated rings. The van der Waals surface area contributed by atoms with Crippen LogP contribution < -0.4 is 0 Å². The molecule has 80 valence electrons. The summed E-state index contributed by atoms with van der Waals surface area (Å²) in [4.78, 5) is 5.43. The summed E-state index contributed by atoms with van der Waals surface area (Å²) in [6.45, 7) is 0. The Labute approximate surface area is 109 Å². The van der Waals surface area contributed by atoms with E-state index in [2.05, 4.69) is 26.0 Å². The van der Waals surface area contributed by atoms with Crippen LogP contribution in [0.2, 0.25) is 5.02 Å². The molecule has 0 saturated carbocycles. The van der Waals surface area contributed by atoms with E-state index >= 15 is 0 Å². The van der Waals surface area contributed by atoms with E-state index in [9.17, 15) is 0 Å². The number of hydrogen-bond donors (Lipinski definition) is 0. The van der Waals surface area contributed by atoms with E-state index in [1.165, 1.54) is 0 Å². The first kappa shape index (κ1) is 10.3. The zero-order chi connectivity index (χ0) is 11.1. The molecule has 0 amide bonds. The van der Waals surface area contributed by atoms with Crippen LogP contribution >= 0.6 is 38.9 Å². The van der Waals surface area contributed by atoms with Gasteiger partial charge in [-0.3, -0.25) is 0 Å². The van der Waals surface area contributed by atoms with Gasteiger partial charge in [0.1, 0.15) is 0 Å². The maximum atomic E-state index is 6.03. The molecule has 0 unspecified atom stereocenters. The molecule has 0 N–H and O–H groups in total. The van der Waals surface area contributed by atoms with Crippen LogP contribution in [0.1, 0.15) is 0 Å². The standard InChI is InChI=1S/C10H5BrClN3S/c11-8-4-3-7(16-8)9-13-10-6(12)2-1-5-15(10)14-9/h1-5H. The summed E-state index contributed by atoms with van der Waals surface area (Å²) in [7, 11) is 0. The molecule has 3 aromatic heterocycles. The highest BCUT2D eigenvalue weighted by Crippen LogP contribution is 2.30. The summed E-state index contributed by atoms with van der Waals surface area (Å²) >= 11 is 11.0. The maximum Gasteiger partial charge on any atom is 0.192 e. The fraction of sp³-hybridized carbons (Fsp3) is 0. The molecule has 3 rings (SSSR count). The number of hydrogen-bond acceptors (Lipinski definition) is 3. The zero-order valence-corrected chi connectivity index (χ0v) is 11.1. The van der Waals surface area contributed by atoms with Crippen LogP contribution in [0.15, 0.2) is 34.2 Å². The molecule has 16 heavy (non-hydrogen) atoms. The Hall–Kier alpha value is -0.910. The van der Waals surface area contributed by atoms with Crippen molar-refractivity contribution in [1.82, 2.24) is 14.6 Å². The summed E-state index contributed by atoms with van der Waals surface area (Å²) in [6.07, 6.45) is 1.83. The van der Waals surface area contributed by atoms with Gasteiger partial charge in [-0.2, -0.15) is 0 Å². The second-order valence-corrected chi connectivity index (χ2v) is 6.03. The smallest absolute Gasteiger partial charge is 0.192 e. The van der Waals surface area contributed by atoms with Crippen molar-refractivity contribution in [3.63, 3.8) is 0 Å². The van der Waals surface area contributed by atoms with Gasteiger partial charge in [-0.15, -0.1) is 16.4 Å². The van der Waals surface area contributed by atoms with Gasteiger partial charge >= 0.3 is 0 Å². The minimum atomic E-state index is 0.608. The first-order chi connectivity index (χ1) is 7.74. The van der Waals surface area contributed by atoms with Crippen molar-refractivity contribution in [1.29, 1.82) is 0 Å². The Kier molecular flexibility index (Phi) is 2.46. The van der Waals surface area contributed by atoms with Crippen LogP contribution in [-0.2, 0) is 0 Å². The molecule has 3 aromatic rings. The Morgan fingerprint density at radius 1 is 1.31 bits per heavy atom. The lowest BCUT2D eigenvalue weighted by Crippen LogP contribution is -1.85. The molecule has 3 heterocycles. The number of fused-ring (bicyclic) bond motifs is 1. The average molecular weight is 315 g/mol. The van der Waals surface area contributed by atoms with Crippen LogP contribution in [0.5, 0.6) is 0 Å². The number of thiophene rings is 1. The quantitative estimate of drug-likeness (QED) is 0.682. The molecule has 0 saturated heterocycles. The Bertz CT molecular complexity index is 661. The molecule has 0 aromatic carbocycles. The molecular weight excluding hydrogens is 310 g/mol. The monoisotopic (exact) mass is 313 g/mol. The third-order valence-corrected chi connectivity index (χ3v) is 4.02. The van der Waals surface area contributed by atoms with Gasteiger partial charge in [0.2, 0.25) is 0 Å². The van der Waals surface area contributed by atoms with Crippen molar-refractivity contribution in [2.75, 3.05) is 0 Å². The van der Waals surface area contributed by atoms with Gasteiger partial charge in [0.15, 0.2) is 11.5 Å². The Morgan fingerprint density at radius 3 is 2.88 bits per heavy atom. The van der Waals surface area contributed by atoms with Crippen molar-refractivity contribution < 1.29 is 0 Å². The van der Waals surface area contributed by atoms with Crippen molar-refractivity contribution in [3.8, 4) is 10.7 Å². The van der Waals surface area contributed by atoms with E-state index in [0.717, 1.165) is 8.66 Å². The SMILES string of the molecule is Clc1cccn2nc(-c3ccc(Br)s3)nc12. The molecule has 0 aliphatic carbocycles. The topological polar surface area (TPSA) is 30.2 Å². The molecule has 0 atom stereocenters. The Balaban J connectivity index is 2.22. The summed E-state index contributed by atoms with van der Waals surface area (Å²) in [6, 6.07) is 7.61. The second-order valence-electron chi connectivity index (χ2n) is 3.16. The van der Waals surface area contributed by atoms with Gasteiger partial charge in [0, 0.05) is 6.20 Å². The maximum absolute atomic E-state index is 6.03. The van der Waals surface area contributed by atoms with Gasteiger partial charge in [0.05, 0.1) is 13.7 Å². The molecule has 0 spiro atoms. The minimum Gasteiger partial charge on any atom is -0.219 e. The minimum absolute atomic E-state index is 0.608. The number of aromatic nitrogens is 3. The lowest BCUT2D eigenvalue weighted by Gasteiger charge is -1.90. The predicted molar refractivity (Wildman–Crippen MR) is 69.0 cm³/mol. The average Bonchev–Trinajstić information content (AvgIpc) is 2.84. The van der Waals surface area contributed by atoms with E-state index in [1.807, 2.05) is 24.4 Å². The van der Waals surface area contributed by atoms with E-state index in [0.29, 0.717) is 16.5 Å². The van der Waals surface area contributed by atoms with Gasteiger partial charge in [-0.05, 0) is 40.2 Å². The lowest BCUT2D eigenvalue weighted by atomic mass is 10.4. The third kappa shape index (κ3) is 1.65. The lowest BCUT2D eigenvalue weighted by molar-refractivity contribution is 0.967. The van der Waals surface area contributed by atoms with E-state index < -0.39 is 0 Å². The number of rotatable bonds is 1. The van der Waals surface area contributed by atoms with Crippen LogP contribution in [0.4, 0.5) is 0 Å². The van der Waals surface area contributed by atoms with Crippen molar-refractivity contribution >= 4 is 44.5 Å². The highest BCUT2D eigenvalue weighted by molar-refractivity contribution is 9.11. The normalized spacial score (nSPS) is 11.1. The first-order valence-corrected chi connectivity index (χ1v) is 6.49. The highest BCUT2D eigenvalue weighted by Gasteiger charge is 2.10. The number of pyridine rings is 1. The van der Waals surface area contributed by atoms with Crippen LogP contribution in [0.25, 0.3) is 16.3 Å². The third-order valence-electron chi connectivity index (χ3n) is 2.11. The first-order valence-electron chi connectivity index (χ1n) is 4.50. The highest BCUT2D eigenvalue weighted by atomic mass is 79.9. The fourth-order valence-corrected chi connectivity index (χ4v) is 2.93. The van der Waals surface area contributed by atoms with Gasteiger partial charge < -0.3 is 0 Å². The zero-order valence-electron chi connectivity index (χ0n) is 7.89. The molecule has 0 aliphatic heterocycles. The van der Waals surface area contributed by atoms with Crippen LogP contribution in [-0.4, -0.2) is 14.6 Å². The van der Waals surface area contributed by atoms with E-state index in [1.54, 1.807) is 21.9 Å². The summed E-state index contributed by atoms with van der Waals surface area (Å²) in [5.74, 6) is 0.698. The largest absolute Gasteiger partial charge is 0.219 e. The number of halogens is 2. The van der Waals surface area contributed by atoms with Gasteiger partial charge in [0.25, 0.3) is 0 Å². The van der Waals surface area contributed by atoms with Crippen LogP contribution in [0.3, 0.4) is 0 Å². The van der Waals surface area contributed by atoms with Crippen molar-refractivity contribution in [3.05, 3.63) is 39.3 Å². The Morgan fingerprint density at radius 2 is 2.19 bits per heavy atom. The van der Waals surface area contributed by atoms with Gasteiger partial charge in [-0.25, -0.2) is 9.50 Å². The molecule has 3 nitrogen and oxygen atoms in total. The van der Waals surface area contributed by atoms with E-state index in [-0.39, 0.29) is 0 Å². The summed E-state index contributed by atoms with van der Waals surface area (Å²) in [5, 5.41) is 4.98. The van der Waals surface area contributed by atoms with Crippen LogP contribution in [0, 0.1) is 0 Å². The number of nitrogens with zero attached hydrogens (tertiary/aromatic N) is 3. The van der Waals surface area contributed by atoms with Crippen molar-refractivity contribution in [2.45, 2.75) is 0 Å². The molecular formula is C10H5BrClN3S. The second kappa shape index (κ2) is 3.84. The summed E-state index contributed by atoms with van der Waals surface area (Å²) < 4.78 is 2.75. The van der Waals surface area contributed by atoms with E-state index in [4.69, 9.17) is 11.6 Å². The molecule has 0 aliphatic rings. The van der Waals surface area contributed by atoms with Gasteiger partial charge in [-0.1, -0.05) is 11.6 Å². The molecule has 6 heteroatoms. The van der Waals surface area contributed by atoms with Crippen molar-refractivity contribution in [2.24, 2.45) is 0 Å². The predicted octanol–water partition coefficient (Wildman–Crippen LogP) is 3.87.